The summed E-state index contributed by atoms with van der Waals surface area (Å²) in [5.41, 5.74) is 0. The molecule has 1 saturated carbocycles. The zero-order valence-corrected chi connectivity index (χ0v) is 12.0. The Morgan fingerprint density at radius 3 is 2.67 bits per heavy atom. The highest BCUT2D eigenvalue weighted by molar-refractivity contribution is 6.29. The first-order chi connectivity index (χ1) is 8.67. The summed E-state index contributed by atoms with van der Waals surface area (Å²) in [6, 6.07) is 2.38. The van der Waals surface area contributed by atoms with Gasteiger partial charge in [-0.2, -0.15) is 0 Å². The fourth-order valence-electron chi connectivity index (χ4n) is 2.49. The molecule has 18 heavy (non-hydrogen) atoms. The molecule has 1 aliphatic rings. The summed E-state index contributed by atoms with van der Waals surface area (Å²) in [6.45, 7) is 4.46. The highest BCUT2D eigenvalue weighted by atomic mass is 35.5. The van der Waals surface area contributed by atoms with Crippen molar-refractivity contribution in [1.82, 2.24) is 9.97 Å². The first-order valence-corrected chi connectivity index (χ1v) is 7.35. The van der Waals surface area contributed by atoms with Crippen LogP contribution in [0.25, 0.3) is 0 Å². The molecule has 1 N–H and O–H groups in total. The summed E-state index contributed by atoms with van der Waals surface area (Å²) in [4.78, 5) is 8.77. The summed E-state index contributed by atoms with van der Waals surface area (Å²) in [5.74, 6) is 2.60. The Balaban J connectivity index is 2.00. The minimum Gasteiger partial charge on any atom is -0.367 e. The van der Waals surface area contributed by atoms with Crippen molar-refractivity contribution in [3.8, 4) is 0 Å². The maximum atomic E-state index is 6.04. The van der Waals surface area contributed by atoms with E-state index in [0.29, 0.717) is 11.2 Å². The van der Waals surface area contributed by atoms with E-state index in [-0.39, 0.29) is 0 Å². The molecule has 1 heterocycles. The molecule has 3 nitrogen and oxygen atoms in total. The van der Waals surface area contributed by atoms with Crippen molar-refractivity contribution in [3.63, 3.8) is 0 Å². The molecule has 1 aromatic rings. The van der Waals surface area contributed by atoms with Gasteiger partial charge in [-0.15, -0.1) is 0 Å². The van der Waals surface area contributed by atoms with E-state index in [1.165, 1.54) is 25.7 Å². The lowest BCUT2D eigenvalue weighted by molar-refractivity contribution is 0.360. The first-order valence-electron chi connectivity index (χ1n) is 6.97. The molecule has 0 aromatic carbocycles. The van der Waals surface area contributed by atoms with Crippen molar-refractivity contribution in [3.05, 3.63) is 17.0 Å². The minimum atomic E-state index is 0.542. The van der Waals surface area contributed by atoms with Gasteiger partial charge in [0.2, 0.25) is 0 Å². The number of hydrogen-bond acceptors (Lipinski definition) is 3. The molecular formula is C14H22ClN3. The van der Waals surface area contributed by atoms with Gasteiger partial charge in [-0.05, 0) is 38.0 Å². The molecule has 0 saturated heterocycles. The predicted octanol–water partition coefficient (Wildman–Crippen LogP) is 4.07. The first kappa shape index (κ1) is 13.6. The molecule has 0 atom stereocenters. The Bertz CT molecular complexity index is 387. The molecule has 0 spiro atoms. The largest absolute Gasteiger partial charge is 0.367 e. The predicted molar refractivity (Wildman–Crippen MR) is 76.1 cm³/mol. The average molecular weight is 268 g/mol. The van der Waals surface area contributed by atoms with Crippen molar-refractivity contribution in [2.24, 2.45) is 5.92 Å². The summed E-state index contributed by atoms with van der Waals surface area (Å²) in [7, 11) is 0. The lowest BCUT2D eigenvalue weighted by Crippen LogP contribution is -2.25. The summed E-state index contributed by atoms with van der Waals surface area (Å²) in [6.07, 6.45) is 6.99. The Morgan fingerprint density at radius 1 is 1.28 bits per heavy atom. The van der Waals surface area contributed by atoms with E-state index in [9.17, 15) is 0 Å². The van der Waals surface area contributed by atoms with Gasteiger partial charge in [-0.25, -0.2) is 9.97 Å². The SMILES string of the molecule is CCCc1nc(Cl)cc(NC2CCC(C)CC2)n1. The second-order valence-electron chi connectivity index (χ2n) is 5.34. The zero-order valence-electron chi connectivity index (χ0n) is 11.2. The Hall–Kier alpha value is -0.830. The molecule has 4 heteroatoms. The van der Waals surface area contributed by atoms with Gasteiger partial charge in [-0.3, -0.25) is 0 Å². The third kappa shape index (κ3) is 3.84. The highest BCUT2D eigenvalue weighted by Crippen LogP contribution is 2.26. The van der Waals surface area contributed by atoms with E-state index in [0.717, 1.165) is 30.4 Å². The van der Waals surface area contributed by atoms with Crippen molar-refractivity contribution in [1.29, 1.82) is 0 Å². The van der Waals surface area contributed by atoms with Crippen LogP contribution in [-0.4, -0.2) is 16.0 Å². The lowest BCUT2D eigenvalue weighted by Gasteiger charge is -2.27. The summed E-state index contributed by atoms with van der Waals surface area (Å²) < 4.78 is 0. The smallest absolute Gasteiger partial charge is 0.134 e. The van der Waals surface area contributed by atoms with Crippen LogP contribution in [0.4, 0.5) is 5.82 Å². The average Bonchev–Trinajstić information content (AvgIpc) is 2.32. The van der Waals surface area contributed by atoms with Gasteiger partial charge in [0, 0.05) is 18.5 Å². The maximum absolute atomic E-state index is 6.04. The minimum absolute atomic E-state index is 0.542. The van der Waals surface area contributed by atoms with Crippen molar-refractivity contribution in [2.75, 3.05) is 5.32 Å². The molecule has 0 amide bonds. The molecule has 0 radical (unpaired) electrons. The van der Waals surface area contributed by atoms with Crippen LogP contribution in [0.3, 0.4) is 0 Å². The number of anilines is 1. The van der Waals surface area contributed by atoms with Crippen molar-refractivity contribution < 1.29 is 0 Å². The zero-order chi connectivity index (χ0) is 13.0. The van der Waals surface area contributed by atoms with Gasteiger partial charge >= 0.3 is 0 Å². The monoisotopic (exact) mass is 267 g/mol. The molecule has 1 fully saturated rings. The van der Waals surface area contributed by atoms with E-state index in [2.05, 4.69) is 29.1 Å². The second-order valence-corrected chi connectivity index (χ2v) is 5.73. The number of hydrogen-bond donors (Lipinski definition) is 1. The van der Waals surface area contributed by atoms with E-state index >= 15 is 0 Å². The highest BCUT2D eigenvalue weighted by Gasteiger charge is 2.18. The van der Waals surface area contributed by atoms with Crippen molar-refractivity contribution >= 4 is 17.4 Å². The van der Waals surface area contributed by atoms with Crippen LogP contribution in [0.1, 0.15) is 51.8 Å². The third-order valence-electron chi connectivity index (χ3n) is 3.58. The molecular weight excluding hydrogens is 246 g/mol. The standard InChI is InChI=1S/C14H22ClN3/c1-3-4-13-17-12(15)9-14(18-13)16-11-7-5-10(2)6-8-11/h9-11H,3-8H2,1-2H3,(H,16,17,18). The molecule has 2 rings (SSSR count). The van der Waals surface area contributed by atoms with Gasteiger partial charge in [0.05, 0.1) is 0 Å². The van der Waals surface area contributed by atoms with Crippen molar-refractivity contribution in [2.45, 2.75) is 58.4 Å². The molecule has 0 aliphatic heterocycles. The Labute approximate surface area is 114 Å². The van der Waals surface area contributed by atoms with Crippen LogP contribution in [-0.2, 0) is 6.42 Å². The van der Waals surface area contributed by atoms with Gasteiger partial charge in [0.25, 0.3) is 0 Å². The van der Waals surface area contributed by atoms with Gasteiger partial charge in [-0.1, -0.05) is 25.4 Å². The van der Waals surface area contributed by atoms with E-state index in [4.69, 9.17) is 11.6 Å². The number of nitrogens with one attached hydrogen (secondary N) is 1. The third-order valence-corrected chi connectivity index (χ3v) is 3.78. The van der Waals surface area contributed by atoms with Crippen LogP contribution in [0.2, 0.25) is 5.15 Å². The van der Waals surface area contributed by atoms with E-state index < -0.39 is 0 Å². The summed E-state index contributed by atoms with van der Waals surface area (Å²) >= 11 is 6.04. The molecule has 1 aromatic heterocycles. The topological polar surface area (TPSA) is 37.8 Å². The molecule has 100 valence electrons. The Kier molecular flexibility index (Phi) is 4.81. The van der Waals surface area contributed by atoms with Crippen LogP contribution in [0.15, 0.2) is 6.07 Å². The van der Waals surface area contributed by atoms with Gasteiger partial charge in [0.1, 0.15) is 16.8 Å². The molecule has 0 bridgehead atoms. The normalized spacial score (nSPS) is 23.9. The lowest BCUT2D eigenvalue weighted by atomic mass is 9.87. The van der Waals surface area contributed by atoms with Gasteiger partial charge < -0.3 is 5.32 Å². The molecule has 0 unspecified atom stereocenters. The number of halogens is 1. The molecule has 1 aliphatic carbocycles. The quantitative estimate of drug-likeness (QED) is 0.836. The maximum Gasteiger partial charge on any atom is 0.134 e. The van der Waals surface area contributed by atoms with Crippen LogP contribution < -0.4 is 5.32 Å². The fraction of sp³-hybridized carbons (Fsp3) is 0.714. The van der Waals surface area contributed by atoms with E-state index in [1.807, 2.05) is 6.07 Å². The Morgan fingerprint density at radius 2 is 2.00 bits per heavy atom. The van der Waals surface area contributed by atoms with E-state index in [1.54, 1.807) is 0 Å². The van der Waals surface area contributed by atoms with Crippen LogP contribution in [0, 0.1) is 5.92 Å². The van der Waals surface area contributed by atoms with Crippen LogP contribution >= 0.6 is 11.6 Å². The summed E-state index contributed by atoms with van der Waals surface area (Å²) in [5, 5.41) is 4.05. The number of rotatable bonds is 4. The van der Waals surface area contributed by atoms with Gasteiger partial charge in [0.15, 0.2) is 0 Å². The number of aromatic nitrogens is 2. The second kappa shape index (κ2) is 6.37. The number of nitrogens with zero attached hydrogens (tertiary/aromatic N) is 2. The number of aryl methyl sites for hydroxylation is 1. The fourth-order valence-corrected chi connectivity index (χ4v) is 2.69. The van der Waals surface area contributed by atoms with Crippen LogP contribution in [0.5, 0.6) is 0 Å².